The first kappa shape index (κ1) is 19.1. The summed E-state index contributed by atoms with van der Waals surface area (Å²) in [5.74, 6) is 0.585. The van der Waals surface area contributed by atoms with Crippen molar-refractivity contribution in [2.24, 2.45) is 5.10 Å². The molecular weight excluding hydrogens is 364 g/mol. The maximum Gasteiger partial charge on any atom is 0.258 e. The average molecular weight is 385 g/mol. The van der Waals surface area contributed by atoms with Crippen LogP contribution in [-0.2, 0) is 4.79 Å². The number of hydrazine groups is 1. The maximum atomic E-state index is 12.2. The minimum absolute atomic E-state index is 0.0486. The number of methoxy groups -OCH3 is 1. The molecule has 140 valence electrons. The zero-order valence-electron chi connectivity index (χ0n) is 14.9. The van der Waals surface area contributed by atoms with Crippen LogP contribution in [0.15, 0.2) is 59.7 Å². The van der Waals surface area contributed by atoms with Crippen molar-refractivity contribution >= 4 is 29.8 Å². The highest BCUT2D eigenvalue weighted by atomic mass is 35.5. The molecule has 6 nitrogen and oxygen atoms in total. The molecule has 0 radical (unpaired) electrons. The standard InChI is InChI=1S/C20H21ClN4O2/c1-27-19-7-3-2-5-15(19)6-4-12-22-25-20(26)18-13-17(23-24-18)14-8-10-16(21)11-9-14/h2-12,17-18,23-24H,13H2,1H3,(H,25,26)/b6-4+,22-12+. The number of carbonyl (C=O) groups excluding carboxylic acids is 1. The second-order valence-electron chi connectivity index (χ2n) is 6.04. The second kappa shape index (κ2) is 9.32. The fourth-order valence-electron chi connectivity index (χ4n) is 2.81. The molecule has 2 aromatic carbocycles. The van der Waals surface area contributed by atoms with Gasteiger partial charge in [0.1, 0.15) is 11.8 Å². The molecule has 1 aliphatic rings. The second-order valence-corrected chi connectivity index (χ2v) is 6.47. The predicted molar refractivity (Wildman–Crippen MR) is 108 cm³/mol. The fraction of sp³-hybridized carbons (Fsp3) is 0.200. The summed E-state index contributed by atoms with van der Waals surface area (Å²) in [5.41, 5.74) is 10.7. The summed E-state index contributed by atoms with van der Waals surface area (Å²) in [6.45, 7) is 0. The smallest absolute Gasteiger partial charge is 0.258 e. The van der Waals surface area contributed by atoms with Crippen LogP contribution in [0.5, 0.6) is 5.75 Å². The number of nitrogens with zero attached hydrogens (tertiary/aromatic N) is 1. The molecule has 1 saturated heterocycles. The molecule has 3 rings (SSSR count). The summed E-state index contributed by atoms with van der Waals surface area (Å²) >= 11 is 5.91. The highest BCUT2D eigenvalue weighted by Gasteiger charge is 2.29. The van der Waals surface area contributed by atoms with Gasteiger partial charge in [-0.05, 0) is 42.3 Å². The van der Waals surface area contributed by atoms with Gasteiger partial charge >= 0.3 is 0 Å². The largest absolute Gasteiger partial charge is 0.496 e. The SMILES string of the molecule is COc1ccccc1/C=C/C=N/NC(=O)C1CC(c2ccc(Cl)cc2)NN1. The van der Waals surface area contributed by atoms with Crippen molar-refractivity contribution in [2.45, 2.75) is 18.5 Å². The van der Waals surface area contributed by atoms with E-state index < -0.39 is 0 Å². The van der Waals surface area contributed by atoms with Crippen LogP contribution in [0.2, 0.25) is 5.02 Å². The summed E-state index contributed by atoms with van der Waals surface area (Å²) in [5, 5.41) is 4.65. The van der Waals surface area contributed by atoms with Crippen LogP contribution in [0.4, 0.5) is 0 Å². The summed E-state index contributed by atoms with van der Waals surface area (Å²) in [4.78, 5) is 12.2. The van der Waals surface area contributed by atoms with Crippen LogP contribution in [0.1, 0.15) is 23.6 Å². The molecule has 0 spiro atoms. The van der Waals surface area contributed by atoms with Gasteiger partial charge in [-0.25, -0.2) is 16.3 Å². The van der Waals surface area contributed by atoms with Gasteiger partial charge in [0.2, 0.25) is 0 Å². The van der Waals surface area contributed by atoms with Crippen molar-refractivity contribution in [1.82, 2.24) is 16.3 Å². The number of rotatable bonds is 6. The summed E-state index contributed by atoms with van der Waals surface area (Å²) in [6, 6.07) is 14.9. The molecule has 0 aromatic heterocycles. The van der Waals surface area contributed by atoms with Crippen LogP contribution in [0.25, 0.3) is 6.08 Å². The Kier molecular flexibility index (Phi) is 6.59. The number of carbonyl (C=O) groups is 1. The van der Waals surface area contributed by atoms with Crippen molar-refractivity contribution in [2.75, 3.05) is 7.11 Å². The van der Waals surface area contributed by atoms with E-state index in [9.17, 15) is 4.79 Å². The number of benzene rings is 2. The molecule has 1 aliphatic heterocycles. The molecule has 7 heteroatoms. The Hall–Kier alpha value is -2.67. The van der Waals surface area contributed by atoms with Crippen molar-refractivity contribution < 1.29 is 9.53 Å². The van der Waals surface area contributed by atoms with Crippen LogP contribution >= 0.6 is 11.6 Å². The average Bonchev–Trinajstić information content (AvgIpc) is 3.19. The number of amides is 1. The van der Waals surface area contributed by atoms with Gasteiger partial charge in [-0.2, -0.15) is 5.10 Å². The fourth-order valence-corrected chi connectivity index (χ4v) is 2.94. The van der Waals surface area contributed by atoms with Crippen LogP contribution in [0.3, 0.4) is 0 Å². The van der Waals surface area contributed by atoms with Gasteiger partial charge in [-0.1, -0.05) is 41.9 Å². The van der Waals surface area contributed by atoms with Gasteiger partial charge in [0.05, 0.1) is 7.11 Å². The Labute approximate surface area is 163 Å². The topological polar surface area (TPSA) is 74.8 Å². The molecule has 27 heavy (non-hydrogen) atoms. The van der Waals surface area contributed by atoms with Crippen molar-refractivity contribution in [3.63, 3.8) is 0 Å². The van der Waals surface area contributed by atoms with Gasteiger partial charge in [0.15, 0.2) is 0 Å². The first-order valence-corrected chi connectivity index (χ1v) is 8.94. The number of halogens is 1. The van der Waals surface area contributed by atoms with Gasteiger partial charge in [-0.15, -0.1) is 0 Å². The molecular formula is C20H21ClN4O2. The zero-order valence-corrected chi connectivity index (χ0v) is 15.6. The van der Waals surface area contributed by atoms with E-state index in [0.717, 1.165) is 16.9 Å². The minimum Gasteiger partial charge on any atom is -0.496 e. The lowest BCUT2D eigenvalue weighted by molar-refractivity contribution is -0.122. The molecule has 0 bridgehead atoms. The third kappa shape index (κ3) is 5.17. The Morgan fingerprint density at radius 2 is 2.00 bits per heavy atom. The Morgan fingerprint density at radius 3 is 2.78 bits per heavy atom. The highest BCUT2D eigenvalue weighted by Crippen LogP contribution is 2.23. The van der Waals surface area contributed by atoms with E-state index in [4.69, 9.17) is 16.3 Å². The predicted octanol–water partition coefficient (Wildman–Crippen LogP) is 3.07. The molecule has 1 amide bonds. The number of hydrogen-bond donors (Lipinski definition) is 3. The quantitative estimate of drug-likeness (QED) is 0.528. The minimum atomic E-state index is -0.360. The molecule has 0 aliphatic carbocycles. The van der Waals surface area contributed by atoms with E-state index in [1.54, 1.807) is 13.2 Å². The number of ether oxygens (including phenoxy) is 1. The molecule has 2 atom stereocenters. The molecule has 3 N–H and O–H groups in total. The van der Waals surface area contributed by atoms with Gasteiger partial charge < -0.3 is 4.74 Å². The lowest BCUT2D eigenvalue weighted by Gasteiger charge is -2.09. The van der Waals surface area contributed by atoms with E-state index >= 15 is 0 Å². The molecule has 1 fully saturated rings. The normalized spacial score (nSPS) is 19.6. The van der Waals surface area contributed by atoms with E-state index in [1.807, 2.05) is 54.6 Å². The van der Waals surface area contributed by atoms with E-state index in [-0.39, 0.29) is 18.0 Å². The number of allylic oxidation sites excluding steroid dienone is 1. The third-order valence-corrected chi connectivity index (χ3v) is 4.49. The van der Waals surface area contributed by atoms with Crippen LogP contribution < -0.4 is 21.0 Å². The van der Waals surface area contributed by atoms with Gasteiger partial charge in [-0.3, -0.25) is 4.79 Å². The molecule has 1 heterocycles. The third-order valence-electron chi connectivity index (χ3n) is 4.24. The first-order chi connectivity index (χ1) is 13.2. The lowest BCUT2D eigenvalue weighted by Crippen LogP contribution is -2.41. The van der Waals surface area contributed by atoms with Gasteiger partial charge in [0.25, 0.3) is 5.91 Å². The van der Waals surface area contributed by atoms with Gasteiger partial charge in [0, 0.05) is 22.8 Å². The monoisotopic (exact) mass is 384 g/mol. The van der Waals surface area contributed by atoms with Crippen LogP contribution in [-0.4, -0.2) is 25.3 Å². The van der Waals surface area contributed by atoms with Crippen LogP contribution in [0, 0.1) is 0 Å². The molecule has 0 saturated carbocycles. The zero-order chi connectivity index (χ0) is 19.1. The van der Waals surface area contributed by atoms with Crippen molar-refractivity contribution in [3.8, 4) is 5.75 Å². The van der Waals surface area contributed by atoms with E-state index in [1.165, 1.54) is 6.21 Å². The Bertz CT molecular complexity index is 836. The van der Waals surface area contributed by atoms with Crippen molar-refractivity contribution in [1.29, 1.82) is 0 Å². The number of nitrogens with one attached hydrogen (secondary N) is 3. The maximum absolute atomic E-state index is 12.2. The van der Waals surface area contributed by atoms with Crippen molar-refractivity contribution in [3.05, 3.63) is 70.8 Å². The summed E-state index contributed by atoms with van der Waals surface area (Å²) < 4.78 is 5.27. The number of para-hydroxylation sites is 1. The summed E-state index contributed by atoms with van der Waals surface area (Å²) in [7, 11) is 1.63. The molecule has 2 aromatic rings. The first-order valence-electron chi connectivity index (χ1n) is 8.56. The highest BCUT2D eigenvalue weighted by molar-refractivity contribution is 6.30. The number of hydrazone groups is 1. The lowest BCUT2D eigenvalue weighted by atomic mass is 10.0. The van der Waals surface area contributed by atoms with E-state index in [0.29, 0.717) is 11.4 Å². The number of hydrogen-bond acceptors (Lipinski definition) is 5. The Morgan fingerprint density at radius 1 is 1.22 bits per heavy atom. The summed E-state index contributed by atoms with van der Waals surface area (Å²) in [6.07, 6.45) is 5.76. The molecule has 2 unspecified atom stereocenters. The van der Waals surface area contributed by atoms with E-state index in [2.05, 4.69) is 21.4 Å². The Balaban J connectivity index is 1.49.